The average molecular weight is 473 g/mol. The number of aromatic nitrogens is 2. The Morgan fingerprint density at radius 2 is 1.59 bits per heavy atom. The molecule has 32 heavy (non-hydrogen) atoms. The molecule has 1 aliphatic heterocycles. The van der Waals surface area contributed by atoms with Crippen molar-refractivity contribution < 1.29 is 9.53 Å². The number of carbonyl (C=O) groups excluding carboxylic acids is 1. The van der Waals surface area contributed by atoms with Gasteiger partial charge in [-0.15, -0.1) is 5.10 Å². The predicted molar refractivity (Wildman–Crippen MR) is 129 cm³/mol. The number of nitrogens with zero attached hydrogens (tertiary/aromatic N) is 4. The summed E-state index contributed by atoms with van der Waals surface area (Å²) < 4.78 is 5.50. The molecule has 6 nitrogen and oxygen atoms in total. The summed E-state index contributed by atoms with van der Waals surface area (Å²) in [6, 6.07) is 13.9. The molecule has 0 spiro atoms. The maximum absolute atomic E-state index is 12.4. The summed E-state index contributed by atoms with van der Waals surface area (Å²) >= 11 is 12.7. The number of halogens is 2. The van der Waals surface area contributed by atoms with E-state index in [0.29, 0.717) is 42.6 Å². The molecule has 0 atom stereocenters. The molecule has 3 aromatic rings. The van der Waals surface area contributed by atoms with Crippen molar-refractivity contribution in [2.24, 2.45) is 0 Å². The van der Waals surface area contributed by atoms with Crippen molar-refractivity contribution in [1.29, 1.82) is 0 Å². The molecular weight excluding hydrogens is 447 g/mol. The van der Waals surface area contributed by atoms with Gasteiger partial charge in [-0.25, -0.2) is 4.79 Å². The molecule has 8 heteroatoms. The molecule has 0 unspecified atom stereocenters. The Labute approximate surface area is 198 Å². The number of amides is 1. The van der Waals surface area contributed by atoms with Crippen LogP contribution in [0.25, 0.3) is 10.8 Å². The van der Waals surface area contributed by atoms with E-state index in [9.17, 15) is 4.79 Å². The first kappa shape index (κ1) is 22.6. The standard InChI is InChI=1S/C24H26Cl2N4O2/c1-24(2,3)32-23(31)30-11-9-29(10-12-30)22-18-15-20(26)19(25)14-17(18)21(27-28-22)13-16-7-5-4-6-8-16/h4-8,14-15H,9-13H2,1-3H3. The molecule has 0 aliphatic carbocycles. The van der Waals surface area contributed by atoms with E-state index in [0.717, 1.165) is 27.8 Å². The van der Waals surface area contributed by atoms with Crippen LogP contribution >= 0.6 is 23.2 Å². The van der Waals surface area contributed by atoms with Crippen molar-refractivity contribution in [3.63, 3.8) is 0 Å². The Morgan fingerprint density at radius 1 is 0.969 bits per heavy atom. The monoisotopic (exact) mass is 472 g/mol. The van der Waals surface area contributed by atoms with E-state index in [4.69, 9.17) is 27.9 Å². The summed E-state index contributed by atoms with van der Waals surface area (Å²) in [4.78, 5) is 16.3. The lowest BCUT2D eigenvalue weighted by Gasteiger charge is -2.36. The van der Waals surface area contributed by atoms with Crippen LogP contribution in [0.4, 0.5) is 10.6 Å². The van der Waals surface area contributed by atoms with E-state index in [1.54, 1.807) is 4.90 Å². The Bertz CT molecular complexity index is 1120. The van der Waals surface area contributed by atoms with Crippen LogP contribution in [0.3, 0.4) is 0 Å². The Kier molecular flexibility index (Phi) is 6.45. The topological polar surface area (TPSA) is 58.6 Å². The zero-order valence-electron chi connectivity index (χ0n) is 18.4. The molecule has 1 aliphatic rings. The van der Waals surface area contributed by atoms with Crippen molar-refractivity contribution >= 4 is 45.9 Å². The molecule has 0 bridgehead atoms. The lowest BCUT2D eigenvalue weighted by molar-refractivity contribution is 0.0240. The highest BCUT2D eigenvalue weighted by Crippen LogP contribution is 2.34. The first-order valence-electron chi connectivity index (χ1n) is 10.6. The number of rotatable bonds is 3. The highest BCUT2D eigenvalue weighted by Gasteiger charge is 2.27. The van der Waals surface area contributed by atoms with Crippen LogP contribution in [0, 0.1) is 0 Å². The Balaban J connectivity index is 1.61. The quantitative estimate of drug-likeness (QED) is 0.497. The van der Waals surface area contributed by atoms with Crippen molar-refractivity contribution in [3.8, 4) is 0 Å². The molecule has 0 radical (unpaired) electrons. The van der Waals surface area contributed by atoms with E-state index in [-0.39, 0.29) is 6.09 Å². The summed E-state index contributed by atoms with van der Waals surface area (Å²) in [7, 11) is 0. The minimum absolute atomic E-state index is 0.291. The second-order valence-electron chi connectivity index (χ2n) is 8.90. The second-order valence-corrected chi connectivity index (χ2v) is 9.71. The summed E-state index contributed by atoms with van der Waals surface area (Å²) in [5, 5.41) is 11.9. The highest BCUT2D eigenvalue weighted by molar-refractivity contribution is 6.43. The fraction of sp³-hybridized carbons (Fsp3) is 0.375. The number of piperazine rings is 1. The van der Waals surface area contributed by atoms with Crippen molar-refractivity contribution in [1.82, 2.24) is 15.1 Å². The van der Waals surface area contributed by atoms with Crippen LogP contribution in [0.5, 0.6) is 0 Å². The lowest BCUT2D eigenvalue weighted by atomic mass is 10.0. The van der Waals surface area contributed by atoms with Gasteiger partial charge in [-0.2, -0.15) is 5.10 Å². The number of carbonyl (C=O) groups is 1. The van der Waals surface area contributed by atoms with Crippen LogP contribution in [0.1, 0.15) is 32.0 Å². The zero-order valence-corrected chi connectivity index (χ0v) is 20.0. The average Bonchev–Trinajstić information content (AvgIpc) is 2.75. The van der Waals surface area contributed by atoms with Gasteiger partial charge in [0.05, 0.1) is 15.7 Å². The summed E-state index contributed by atoms with van der Waals surface area (Å²) in [5.74, 6) is 0.749. The van der Waals surface area contributed by atoms with Gasteiger partial charge in [0.2, 0.25) is 0 Å². The van der Waals surface area contributed by atoms with Crippen LogP contribution < -0.4 is 4.90 Å². The van der Waals surface area contributed by atoms with E-state index >= 15 is 0 Å². The van der Waals surface area contributed by atoms with Gasteiger partial charge in [0.15, 0.2) is 5.82 Å². The molecule has 1 aromatic heterocycles. The van der Waals surface area contributed by atoms with Crippen LogP contribution in [-0.4, -0.2) is 53.0 Å². The van der Waals surface area contributed by atoms with Crippen molar-refractivity contribution in [2.75, 3.05) is 31.1 Å². The predicted octanol–water partition coefficient (Wildman–Crippen LogP) is 5.58. The van der Waals surface area contributed by atoms with Gasteiger partial charge in [-0.05, 0) is 38.5 Å². The van der Waals surface area contributed by atoms with Gasteiger partial charge in [0, 0.05) is 43.4 Å². The van der Waals surface area contributed by atoms with Crippen molar-refractivity contribution in [3.05, 3.63) is 63.8 Å². The van der Waals surface area contributed by atoms with E-state index in [1.807, 2.05) is 51.1 Å². The zero-order chi connectivity index (χ0) is 22.9. The maximum atomic E-state index is 12.4. The normalized spacial score (nSPS) is 14.7. The first-order valence-corrected chi connectivity index (χ1v) is 11.4. The van der Waals surface area contributed by atoms with E-state index in [2.05, 4.69) is 27.2 Å². The van der Waals surface area contributed by atoms with Crippen molar-refractivity contribution in [2.45, 2.75) is 32.8 Å². The number of benzene rings is 2. The van der Waals surface area contributed by atoms with Gasteiger partial charge in [-0.1, -0.05) is 53.5 Å². The van der Waals surface area contributed by atoms with Crippen LogP contribution in [-0.2, 0) is 11.2 Å². The minimum atomic E-state index is -0.513. The summed E-state index contributed by atoms with van der Waals surface area (Å²) in [6.07, 6.45) is 0.357. The fourth-order valence-electron chi connectivity index (χ4n) is 3.77. The third-order valence-electron chi connectivity index (χ3n) is 5.32. The van der Waals surface area contributed by atoms with Gasteiger partial charge < -0.3 is 14.5 Å². The smallest absolute Gasteiger partial charge is 0.410 e. The summed E-state index contributed by atoms with van der Waals surface area (Å²) in [5.41, 5.74) is 1.48. The number of hydrogen-bond donors (Lipinski definition) is 0. The third-order valence-corrected chi connectivity index (χ3v) is 6.05. The molecule has 4 rings (SSSR count). The molecule has 2 heterocycles. The number of hydrogen-bond acceptors (Lipinski definition) is 5. The number of ether oxygens (including phenoxy) is 1. The number of anilines is 1. The lowest BCUT2D eigenvalue weighted by Crippen LogP contribution is -2.50. The molecule has 2 aromatic carbocycles. The molecular formula is C24H26Cl2N4O2. The Morgan fingerprint density at radius 3 is 2.22 bits per heavy atom. The SMILES string of the molecule is CC(C)(C)OC(=O)N1CCN(c2nnc(Cc3ccccc3)c3cc(Cl)c(Cl)cc23)CC1. The first-order chi connectivity index (χ1) is 15.2. The van der Waals surface area contributed by atoms with Crippen LogP contribution in [0.2, 0.25) is 10.0 Å². The molecule has 0 saturated carbocycles. The minimum Gasteiger partial charge on any atom is -0.444 e. The number of fused-ring (bicyclic) bond motifs is 1. The molecule has 1 amide bonds. The molecule has 1 saturated heterocycles. The van der Waals surface area contributed by atoms with E-state index in [1.165, 1.54) is 0 Å². The second kappa shape index (κ2) is 9.12. The maximum Gasteiger partial charge on any atom is 0.410 e. The van der Waals surface area contributed by atoms with Gasteiger partial charge in [-0.3, -0.25) is 0 Å². The van der Waals surface area contributed by atoms with Gasteiger partial charge in [0.1, 0.15) is 5.60 Å². The summed E-state index contributed by atoms with van der Waals surface area (Å²) in [6.45, 7) is 7.96. The molecule has 168 valence electrons. The van der Waals surface area contributed by atoms with Gasteiger partial charge >= 0.3 is 6.09 Å². The largest absolute Gasteiger partial charge is 0.444 e. The van der Waals surface area contributed by atoms with E-state index < -0.39 is 5.60 Å². The molecule has 1 fully saturated rings. The fourth-order valence-corrected chi connectivity index (χ4v) is 4.09. The third kappa shape index (κ3) is 5.08. The highest BCUT2D eigenvalue weighted by atomic mass is 35.5. The van der Waals surface area contributed by atoms with Gasteiger partial charge in [0.25, 0.3) is 0 Å². The van der Waals surface area contributed by atoms with Crippen LogP contribution in [0.15, 0.2) is 42.5 Å². The molecule has 0 N–H and O–H groups in total. The Hall–Kier alpha value is -2.57.